The van der Waals surface area contributed by atoms with E-state index in [4.69, 9.17) is 4.74 Å². The Labute approximate surface area is 229 Å². The maximum Gasteiger partial charge on any atom is 0.408 e. The SMILES string of the molecule is CCCCCCCCN(C(=O)C(CO)NC(=O)OC(C)(C)C)C(C(=O)NC(C)(C)C)c1ccc(C)c(C)c1. The fourth-order valence-electron chi connectivity index (χ4n) is 4.11. The summed E-state index contributed by atoms with van der Waals surface area (Å²) in [5.41, 5.74) is 1.49. The van der Waals surface area contributed by atoms with Gasteiger partial charge in [-0.3, -0.25) is 9.59 Å². The van der Waals surface area contributed by atoms with Gasteiger partial charge in [-0.2, -0.15) is 0 Å². The summed E-state index contributed by atoms with van der Waals surface area (Å²) in [6.45, 7) is 16.7. The lowest BCUT2D eigenvalue weighted by atomic mass is 9.97. The number of alkyl carbamates (subject to hydrolysis) is 1. The molecule has 0 bridgehead atoms. The summed E-state index contributed by atoms with van der Waals surface area (Å²) in [6.07, 6.45) is 5.27. The largest absolute Gasteiger partial charge is 0.444 e. The van der Waals surface area contributed by atoms with Gasteiger partial charge in [0.1, 0.15) is 17.7 Å². The lowest BCUT2D eigenvalue weighted by Gasteiger charge is -2.36. The second kappa shape index (κ2) is 15.1. The number of carbonyl (C=O) groups excluding carboxylic acids is 3. The summed E-state index contributed by atoms with van der Waals surface area (Å²) in [7, 11) is 0. The molecule has 0 aliphatic carbocycles. The molecule has 3 N–H and O–H groups in total. The normalized spacial score (nSPS) is 13.4. The van der Waals surface area contributed by atoms with E-state index < -0.39 is 41.8 Å². The van der Waals surface area contributed by atoms with Gasteiger partial charge in [0, 0.05) is 12.1 Å². The van der Waals surface area contributed by atoms with E-state index >= 15 is 0 Å². The fourth-order valence-corrected chi connectivity index (χ4v) is 4.11. The van der Waals surface area contributed by atoms with Crippen molar-refractivity contribution in [1.29, 1.82) is 0 Å². The minimum Gasteiger partial charge on any atom is -0.444 e. The van der Waals surface area contributed by atoms with Gasteiger partial charge in [0.15, 0.2) is 0 Å². The van der Waals surface area contributed by atoms with Crippen molar-refractivity contribution in [2.45, 2.75) is 124 Å². The molecule has 2 unspecified atom stereocenters. The van der Waals surface area contributed by atoms with Gasteiger partial charge in [-0.25, -0.2) is 4.79 Å². The van der Waals surface area contributed by atoms with Crippen LogP contribution in [0.4, 0.5) is 4.79 Å². The number of ether oxygens (including phenoxy) is 1. The van der Waals surface area contributed by atoms with Crippen LogP contribution in [0.5, 0.6) is 0 Å². The van der Waals surface area contributed by atoms with Crippen molar-refractivity contribution >= 4 is 17.9 Å². The Balaban J connectivity index is 3.42. The van der Waals surface area contributed by atoms with Crippen LogP contribution in [-0.2, 0) is 14.3 Å². The molecule has 0 radical (unpaired) electrons. The molecular weight excluding hydrogens is 482 g/mol. The van der Waals surface area contributed by atoms with Crippen LogP contribution in [-0.4, -0.2) is 58.2 Å². The Bertz CT molecular complexity index is 917. The van der Waals surface area contributed by atoms with Crippen LogP contribution in [0.2, 0.25) is 0 Å². The Morgan fingerprint density at radius 3 is 2.08 bits per heavy atom. The summed E-state index contributed by atoms with van der Waals surface area (Å²) in [5.74, 6) is -0.840. The zero-order chi connectivity index (χ0) is 29.1. The van der Waals surface area contributed by atoms with Crippen LogP contribution in [0.25, 0.3) is 0 Å². The molecule has 8 heteroatoms. The first-order chi connectivity index (χ1) is 17.6. The molecule has 2 atom stereocenters. The number of aliphatic hydroxyl groups is 1. The van der Waals surface area contributed by atoms with Gasteiger partial charge in [-0.1, -0.05) is 57.2 Å². The average molecular weight is 534 g/mol. The lowest BCUT2D eigenvalue weighted by molar-refractivity contribution is -0.144. The van der Waals surface area contributed by atoms with Crippen LogP contribution < -0.4 is 10.6 Å². The van der Waals surface area contributed by atoms with E-state index in [-0.39, 0.29) is 5.91 Å². The summed E-state index contributed by atoms with van der Waals surface area (Å²) < 4.78 is 5.31. The number of unbranched alkanes of at least 4 members (excludes halogenated alkanes) is 5. The van der Waals surface area contributed by atoms with Gasteiger partial charge >= 0.3 is 6.09 Å². The number of aliphatic hydroxyl groups excluding tert-OH is 1. The standard InChI is InChI=1S/C30H51N3O5/c1-10-11-12-13-14-15-18-33(27(36)24(20-34)31-28(37)38-30(7,8)9)25(26(35)32-29(4,5)6)23-17-16-21(2)22(3)19-23/h16-17,19,24-25,34H,10-15,18,20H2,1-9H3,(H,31,37)(H,32,35). The number of benzene rings is 1. The van der Waals surface area contributed by atoms with E-state index in [1.54, 1.807) is 20.8 Å². The number of amides is 3. The Kier molecular flexibility index (Phi) is 13.3. The molecule has 0 spiro atoms. The molecule has 0 fully saturated rings. The highest BCUT2D eigenvalue weighted by Gasteiger charge is 2.37. The van der Waals surface area contributed by atoms with E-state index in [0.29, 0.717) is 18.5 Å². The van der Waals surface area contributed by atoms with Gasteiger partial charge in [0.2, 0.25) is 11.8 Å². The molecule has 216 valence electrons. The molecule has 1 aromatic rings. The molecule has 1 aromatic carbocycles. The fraction of sp³-hybridized carbons (Fsp3) is 0.700. The van der Waals surface area contributed by atoms with Crippen molar-refractivity contribution in [2.75, 3.05) is 13.2 Å². The summed E-state index contributed by atoms with van der Waals surface area (Å²) in [5, 5.41) is 15.6. The quantitative estimate of drug-likeness (QED) is 0.297. The average Bonchev–Trinajstić information content (AvgIpc) is 2.78. The Hall–Kier alpha value is -2.61. The van der Waals surface area contributed by atoms with E-state index in [0.717, 1.165) is 43.2 Å². The highest BCUT2D eigenvalue weighted by atomic mass is 16.6. The highest BCUT2D eigenvalue weighted by molar-refractivity contribution is 5.92. The zero-order valence-electron chi connectivity index (χ0n) is 25.1. The van der Waals surface area contributed by atoms with Crippen molar-refractivity contribution in [1.82, 2.24) is 15.5 Å². The second-order valence-corrected chi connectivity index (χ2v) is 12.2. The van der Waals surface area contributed by atoms with Gasteiger partial charge < -0.3 is 25.4 Å². The van der Waals surface area contributed by atoms with Crippen molar-refractivity contribution in [2.24, 2.45) is 0 Å². The molecule has 1 rings (SSSR count). The minimum absolute atomic E-state index is 0.311. The molecule has 0 aliphatic heterocycles. The monoisotopic (exact) mass is 533 g/mol. The van der Waals surface area contributed by atoms with Crippen molar-refractivity contribution in [3.63, 3.8) is 0 Å². The van der Waals surface area contributed by atoms with E-state index in [9.17, 15) is 19.5 Å². The first kappa shape index (κ1) is 33.4. The van der Waals surface area contributed by atoms with Gasteiger partial charge in [0.25, 0.3) is 0 Å². The Morgan fingerprint density at radius 1 is 0.947 bits per heavy atom. The molecule has 0 aromatic heterocycles. The molecule has 0 saturated heterocycles. The van der Waals surface area contributed by atoms with Crippen LogP contribution in [0.1, 0.15) is 110 Å². The van der Waals surface area contributed by atoms with Crippen LogP contribution in [0, 0.1) is 13.8 Å². The first-order valence-electron chi connectivity index (χ1n) is 13.9. The third-order valence-electron chi connectivity index (χ3n) is 6.11. The maximum absolute atomic E-state index is 13.9. The van der Waals surface area contributed by atoms with Crippen LogP contribution in [0.3, 0.4) is 0 Å². The molecule has 0 aliphatic rings. The molecule has 0 heterocycles. The lowest BCUT2D eigenvalue weighted by Crippen LogP contribution is -2.55. The molecule has 38 heavy (non-hydrogen) atoms. The minimum atomic E-state index is -1.25. The number of hydrogen-bond acceptors (Lipinski definition) is 5. The van der Waals surface area contributed by atoms with E-state index in [1.807, 2.05) is 52.8 Å². The van der Waals surface area contributed by atoms with Gasteiger partial charge in [-0.05, 0) is 78.5 Å². The van der Waals surface area contributed by atoms with E-state index in [2.05, 4.69) is 17.6 Å². The third kappa shape index (κ3) is 11.8. The summed E-state index contributed by atoms with van der Waals surface area (Å²) >= 11 is 0. The predicted molar refractivity (Wildman–Crippen MR) is 152 cm³/mol. The number of aryl methyl sites for hydroxylation is 2. The first-order valence-corrected chi connectivity index (χ1v) is 13.9. The second-order valence-electron chi connectivity index (χ2n) is 12.2. The van der Waals surface area contributed by atoms with Gasteiger partial charge in [0.05, 0.1) is 6.61 Å². The third-order valence-corrected chi connectivity index (χ3v) is 6.11. The number of carbonyl (C=O) groups is 3. The smallest absolute Gasteiger partial charge is 0.408 e. The Morgan fingerprint density at radius 2 is 1.55 bits per heavy atom. The van der Waals surface area contributed by atoms with Crippen LogP contribution >= 0.6 is 0 Å². The maximum atomic E-state index is 13.9. The van der Waals surface area contributed by atoms with Crippen molar-refractivity contribution in [3.8, 4) is 0 Å². The number of nitrogens with zero attached hydrogens (tertiary/aromatic N) is 1. The topological polar surface area (TPSA) is 108 Å². The number of nitrogens with one attached hydrogen (secondary N) is 2. The number of rotatable bonds is 13. The highest BCUT2D eigenvalue weighted by Crippen LogP contribution is 2.26. The van der Waals surface area contributed by atoms with E-state index in [1.165, 1.54) is 4.90 Å². The molecule has 8 nitrogen and oxygen atoms in total. The molecular formula is C30H51N3O5. The summed E-state index contributed by atoms with van der Waals surface area (Å²) in [6, 6.07) is 3.57. The van der Waals surface area contributed by atoms with Crippen molar-refractivity contribution in [3.05, 3.63) is 34.9 Å². The predicted octanol–water partition coefficient (Wildman–Crippen LogP) is 5.33. The van der Waals surface area contributed by atoms with Gasteiger partial charge in [-0.15, -0.1) is 0 Å². The number of hydrogen-bond donors (Lipinski definition) is 3. The zero-order valence-corrected chi connectivity index (χ0v) is 25.1. The molecule has 3 amide bonds. The molecule has 0 saturated carbocycles. The van der Waals surface area contributed by atoms with Crippen LogP contribution in [0.15, 0.2) is 18.2 Å². The summed E-state index contributed by atoms with van der Waals surface area (Å²) in [4.78, 5) is 41.6. The van der Waals surface area contributed by atoms with Crippen molar-refractivity contribution < 1.29 is 24.2 Å².